The standard InChI is InChI=1S/4C4H8O2.Ir/c4*1-3(2)4(5)6;/h4*3H,1-2H3,(H,5,6);/q;;;;+4/p-4. The van der Waals surface area contributed by atoms with Gasteiger partial charge in [0.25, 0.3) is 0 Å². The van der Waals surface area contributed by atoms with Crippen molar-refractivity contribution in [1.82, 2.24) is 0 Å². The minimum Gasteiger partial charge on any atom is -0.550 e. The second-order valence-corrected chi connectivity index (χ2v) is 5.89. The molecule has 0 aromatic rings. The van der Waals surface area contributed by atoms with Gasteiger partial charge in [-0.1, -0.05) is 55.4 Å². The predicted octanol–water partition coefficient (Wildman–Crippen LogP) is -2.43. The van der Waals surface area contributed by atoms with E-state index in [9.17, 15) is 39.6 Å². The summed E-state index contributed by atoms with van der Waals surface area (Å²) >= 11 is 0. The van der Waals surface area contributed by atoms with Crippen molar-refractivity contribution in [3.8, 4) is 0 Å². The molecular formula is C16H28IrO8. The van der Waals surface area contributed by atoms with E-state index in [1.807, 2.05) is 0 Å². The Morgan fingerprint density at radius 2 is 0.480 bits per heavy atom. The van der Waals surface area contributed by atoms with E-state index >= 15 is 0 Å². The molecule has 0 bridgehead atoms. The fraction of sp³-hybridized carbons (Fsp3) is 0.750. The number of aliphatic carboxylic acids is 4. The Morgan fingerprint density at radius 3 is 0.480 bits per heavy atom. The summed E-state index contributed by atoms with van der Waals surface area (Å²) in [5, 5.41) is 38.4. The zero-order valence-corrected chi connectivity index (χ0v) is 18.3. The van der Waals surface area contributed by atoms with Gasteiger partial charge in [0.2, 0.25) is 0 Å². The second kappa shape index (κ2) is 20.6. The van der Waals surface area contributed by atoms with Crippen molar-refractivity contribution in [1.29, 1.82) is 0 Å². The van der Waals surface area contributed by atoms with Gasteiger partial charge in [-0.3, -0.25) is 0 Å². The summed E-state index contributed by atoms with van der Waals surface area (Å²) in [6.45, 7) is 12.6. The molecule has 8 nitrogen and oxygen atoms in total. The quantitative estimate of drug-likeness (QED) is 0.380. The van der Waals surface area contributed by atoms with E-state index in [0.717, 1.165) is 0 Å². The van der Waals surface area contributed by atoms with Crippen LogP contribution in [0.1, 0.15) is 55.4 Å². The van der Waals surface area contributed by atoms with Crippen LogP contribution in [0.25, 0.3) is 0 Å². The van der Waals surface area contributed by atoms with Crippen molar-refractivity contribution in [2.24, 2.45) is 23.7 Å². The normalized spacial score (nSPS) is 8.80. The van der Waals surface area contributed by atoms with Gasteiger partial charge in [-0.25, -0.2) is 0 Å². The molecule has 0 unspecified atom stereocenters. The molecule has 0 amide bonds. The Kier molecular flexibility index (Phi) is 28.6. The maximum absolute atomic E-state index is 9.59. The number of carbonyl (C=O) groups excluding carboxylic acids is 4. The molecule has 0 heterocycles. The smallest absolute Gasteiger partial charge is 0.550 e. The van der Waals surface area contributed by atoms with Crippen molar-refractivity contribution in [3.63, 3.8) is 0 Å². The number of carboxylic acid groups (broad SMARTS) is 4. The third-order valence-corrected chi connectivity index (χ3v) is 1.89. The zero-order chi connectivity index (χ0) is 20.6. The van der Waals surface area contributed by atoms with Crippen LogP contribution in [0.3, 0.4) is 0 Å². The van der Waals surface area contributed by atoms with Crippen LogP contribution in [0.5, 0.6) is 0 Å². The first-order valence-electron chi connectivity index (χ1n) is 7.41. The first-order valence-corrected chi connectivity index (χ1v) is 7.41. The van der Waals surface area contributed by atoms with E-state index in [1.165, 1.54) is 0 Å². The number of carbonyl (C=O) groups is 4. The van der Waals surface area contributed by atoms with Crippen LogP contribution in [0.15, 0.2) is 0 Å². The van der Waals surface area contributed by atoms with E-state index in [0.29, 0.717) is 0 Å². The van der Waals surface area contributed by atoms with Crippen molar-refractivity contribution < 1.29 is 59.7 Å². The van der Waals surface area contributed by atoms with E-state index < -0.39 is 23.9 Å². The number of hydrogen-bond donors (Lipinski definition) is 0. The van der Waals surface area contributed by atoms with Gasteiger partial charge in [0.1, 0.15) is 0 Å². The first-order chi connectivity index (χ1) is 10.6. The average molecular weight is 541 g/mol. The zero-order valence-electron chi connectivity index (χ0n) is 15.9. The van der Waals surface area contributed by atoms with Crippen molar-refractivity contribution in [2.45, 2.75) is 55.4 Å². The molecule has 0 N–H and O–H groups in total. The maximum atomic E-state index is 9.59. The molecule has 0 aliphatic carbocycles. The maximum Gasteiger partial charge on any atom is 4.00 e. The van der Waals surface area contributed by atoms with Crippen LogP contribution in [-0.2, 0) is 39.3 Å². The molecule has 0 fully saturated rings. The fourth-order valence-electron chi connectivity index (χ4n) is 0. The summed E-state index contributed by atoms with van der Waals surface area (Å²) in [5.41, 5.74) is 0. The Labute approximate surface area is 163 Å². The largest absolute Gasteiger partial charge is 4.00 e. The Morgan fingerprint density at radius 1 is 0.440 bits per heavy atom. The van der Waals surface area contributed by atoms with Crippen LogP contribution in [-0.4, -0.2) is 23.9 Å². The van der Waals surface area contributed by atoms with Crippen LogP contribution in [0, 0.1) is 23.7 Å². The summed E-state index contributed by atoms with van der Waals surface area (Å²) in [4.78, 5) is 38.4. The molecule has 0 rings (SSSR count). The van der Waals surface area contributed by atoms with Gasteiger partial charge in [-0.05, 0) is 23.7 Å². The first kappa shape index (κ1) is 34.8. The van der Waals surface area contributed by atoms with E-state index in [4.69, 9.17) is 0 Å². The van der Waals surface area contributed by atoms with Crippen LogP contribution in [0.4, 0.5) is 0 Å². The van der Waals surface area contributed by atoms with Gasteiger partial charge in [0.15, 0.2) is 0 Å². The molecule has 149 valence electrons. The second-order valence-electron chi connectivity index (χ2n) is 5.89. The predicted molar refractivity (Wildman–Crippen MR) is 79.4 cm³/mol. The molecule has 0 atom stereocenters. The van der Waals surface area contributed by atoms with Gasteiger partial charge < -0.3 is 39.6 Å². The minimum absolute atomic E-state index is 0. The SMILES string of the molecule is CC(C)C(=O)[O-].CC(C)C(=O)[O-].CC(C)C(=O)[O-].CC(C)C(=O)[O-].[Ir+4]. The van der Waals surface area contributed by atoms with Gasteiger partial charge in [-0.2, -0.15) is 0 Å². The Bertz CT molecular complexity index is 304. The third kappa shape index (κ3) is 45.0. The summed E-state index contributed by atoms with van der Waals surface area (Å²) in [5.74, 6) is -5.33. The molecule has 0 saturated heterocycles. The van der Waals surface area contributed by atoms with E-state index in [-0.39, 0.29) is 43.8 Å². The molecule has 0 aromatic heterocycles. The van der Waals surface area contributed by atoms with Crippen molar-refractivity contribution >= 4 is 23.9 Å². The topological polar surface area (TPSA) is 161 Å². The summed E-state index contributed by atoms with van der Waals surface area (Å²) in [6, 6.07) is 0. The number of rotatable bonds is 4. The van der Waals surface area contributed by atoms with Crippen molar-refractivity contribution in [2.75, 3.05) is 0 Å². The minimum atomic E-state index is -0.991. The van der Waals surface area contributed by atoms with Crippen LogP contribution in [0.2, 0.25) is 0 Å². The summed E-state index contributed by atoms with van der Waals surface area (Å²) in [7, 11) is 0. The molecule has 25 heavy (non-hydrogen) atoms. The van der Waals surface area contributed by atoms with Gasteiger partial charge >= 0.3 is 20.1 Å². The average Bonchev–Trinajstić information content (AvgIpc) is 2.40. The molecule has 0 saturated carbocycles. The summed E-state index contributed by atoms with van der Waals surface area (Å²) in [6.07, 6.45) is 0. The third-order valence-electron chi connectivity index (χ3n) is 1.89. The monoisotopic (exact) mass is 541 g/mol. The molecule has 9 heteroatoms. The Hall–Kier alpha value is -1.47. The summed E-state index contributed by atoms with van der Waals surface area (Å²) < 4.78 is 0. The molecule has 0 aromatic carbocycles. The fourth-order valence-corrected chi connectivity index (χ4v) is 0. The van der Waals surface area contributed by atoms with E-state index in [1.54, 1.807) is 55.4 Å². The van der Waals surface area contributed by atoms with Gasteiger partial charge in [0.05, 0.1) is 0 Å². The molecular weight excluding hydrogens is 512 g/mol. The number of hydrogen-bond acceptors (Lipinski definition) is 8. The van der Waals surface area contributed by atoms with E-state index in [2.05, 4.69) is 0 Å². The van der Waals surface area contributed by atoms with Crippen LogP contribution < -0.4 is 20.4 Å². The molecule has 0 aliphatic heterocycles. The molecule has 1 radical (unpaired) electrons. The number of carboxylic acids is 4. The van der Waals surface area contributed by atoms with Gasteiger partial charge in [0, 0.05) is 23.9 Å². The Balaban J connectivity index is -0.0000000702. The molecule has 0 spiro atoms. The van der Waals surface area contributed by atoms with Crippen molar-refractivity contribution in [3.05, 3.63) is 0 Å². The molecule has 0 aliphatic rings. The van der Waals surface area contributed by atoms with Crippen LogP contribution >= 0.6 is 0 Å². The van der Waals surface area contributed by atoms with Gasteiger partial charge in [-0.15, -0.1) is 0 Å².